The molecule has 0 aliphatic rings. The Morgan fingerprint density at radius 2 is 1.87 bits per heavy atom. The normalized spacial score (nSPS) is 9.67. The Morgan fingerprint density at radius 1 is 1.27 bits per heavy atom. The summed E-state index contributed by atoms with van der Waals surface area (Å²) in [4.78, 5) is 21.8. The third-order valence-corrected chi connectivity index (χ3v) is 2.05. The summed E-state index contributed by atoms with van der Waals surface area (Å²) in [5.74, 6) is -0.437. The third-order valence-electron chi connectivity index (χ3n) is 2.05. The number of hydrogen-bond donors (Lipinski definition) is 2. The predicted octanol–water partition coefficient (Wildman–Crippen LogP) is 0.812. The summed E-state index contributed by atoms with van der Waals surface area (Å²) in [5, 5.41) is 2.74. The van der Waals surface area contributed by atoms with Crippen LogP contribution in [0.2, 0.25) is 0 Å². The van der Waals surface area contributed by atoms with Crippen molar-refractivity contribution in [1.82, 2.24) is 5.32 Å². The first-order chi connectivity index (χ1) is 7.13. The Morgan fingerprint density at radius 3 is 2.33 bits per heavy atom. The molecule has 0 fully saturated rings. The lowest BCUT2D eigenvalue weighted by Gasteiger charge is -2.03. The fourth-order valence-corrected chi connectivity index (χ4v) is 1.11. The summed E-state index contributed by atoms with van der Waals surface area (Å²) < 4.78 is 0. The van der Waals surface area contributed by atoms with Crippen LogP contribution in [0, 0.1) is 0 Å². The van der Waals surface area contributed by atoms with Crippen molar-refractivity contribution in [1.29, 1.82) is 0 Å². The molecule has 0 aliphatic carbocycles. The minimum Gasteiger partial charge on any atom is -0.366 e. The minimum atomic E-state index is -0.445. The van der Waals surface area contributed by atoms with Gasteiger partial charge >= 0.3 is 0 Å². The Kier molecular flexibility index (Phi) is 3.85. The molecule has 2 amide bonds. The van der Waals surface area contributed by atoms with Crippen LogP contribution >= 0.6 is 0 Å². The monoisotopic (exact) mass is 206 g/mol. The molecule has 15 heavy (non-hydrogen) atoms. The van der Waals surface area contributed by atoms with Crippen LogP contribution in [-0.2, 0) is 11.3 Å². The van der Waals surface area contributed by atoms with Gasteiger partial charge in [0.2, 0.25) is 11.8 Å². The fourth-order valence-electron chi connectivity index (χ4n) is 1.11. The molecule has 0 atom stereocenters. The van der Waals surface area contributed by atoms with Crippen molar-refractivity contribution in [3.63, 3.8) is 0 Å². The van der Waals surface area contributed by atoms with Crippen LogP contribution in [0.5, 0.6) is 0 Å². The van der Waals surface area contributed by atoms with Crippen molar-refractivity contribution in [2.75, 3.05) is 0 Å². The molecule has 1 aromatic carbocycles. The molecule has 0 saturated carbocycles. The van der Waals surface area contributed by atoms with Crippen LogP contribution < -0.4 is 11.1 Å². The number of hydrogen-bond acceptors (Lipinski definition) is 2. The molecule has 0 bridgehead atoms. The highest BCUT2D eigenvalue weighted by atomic mass is 16.1. The van der Waals surface area contributed by atoms with E-state index < -0.39 is 5.91 Å². The Labute approximate surface area is 88.5 Å². The number of carbonyl (C=O) groups is 2. The molecule has 0 aromatic heterocycles. The van der Waals surface area contributed by atoms with Crippen LogP contribution in [0.1, 0.15) is 29.3 Å². The zero-order valence-corrected chi connectivity index (χ0v) is 8.62. The lowest BCUT2D eigenvalue weighted by molar-refractivity contribution is -0.120. The molecular formula is C11H14N2O2. The topological polar surface area (TPSA) is 72.2 Å². The predicted molar refractivity (Wildman–Crippen MR) is 57.1 cm³/mol. The Bertz CT molecular complexity index is 357. The lowest BCUT2D eigenvalue weighted by atomic mass is 10.1. The second-order valence-corrected chi connectivity index (χ2v) is 3.19. The van der Waals surface area contributed by atoms with Gasteiger partial charge in [-0.3, -0.25) is 9.59 Å². The van der Waals surface area contributed by atoms with Gasteiger partial charge in [0, 0.05) is 18.5 Å². The van der Waals surface area contributed by atoms with Gasteiger partial charge < -0.3 is 11.1 Å². The van der Waals surface area contributed by atoms with E-state index in [-0.39, 0.29) is 5.91 Å². The van der Waals surface area contributed by atoms with Gasteiger partial charge in [0.25, 0.3) is 0 Å². The van der Waals surface area contributed by atoms with E-state index >= 15 is 0 Å². The molecule has 0 heterocycles. The van der Waals surface area contributed by atoms with Gasteiger partial charge in [-0.15, -0.1) is 0 Å². The summed E-state index contributed by atoms with van der Waals surface area (Å²) in [7, 11) is 0. The fraction of sp³-hybridized carbons (Fsp3) is 0.273. The van der Waals surface area contributed by atoms with Crippen LogP contribution in [0.15, 0.2) is 24.3 Å². The first-order valence-corrected chi connectivity index (χ1v) is 4.79. The van der Waals surface area contributed by atoms with Crippen molar-refractivity contribution in [3.8, 4) is 0 Å². The number of nitrogens with two attached hydrogens (primary N) is 1. The number of primary amides is 1. The summed E-state index contributed by atoms with van der Waals surface area (Å²) in [6.45, 7) is 2.28. The first kappa shape index (κ1) is 11.2. The average molecular weight is 206 g/mol. The summed E-state index contributed by atoms with van der Waals surface area (Å²) in [6, 6.07) is 6.84. The second-order valence-electron chi connectivity index (χ2n) is 3.19. The Balaban J connectivity index is 2.57. The van der Waals surface area contributed by atoms with E-state index in [0.717, 1.165) is 5.56 Å². The highest BCUT2D eigenvalue weighted by Gasteiger charge is 2.00. The minimum absolute atomic E-state index is 0.00831. The maximum absolute atomic E-state index is 11.0. The van der Waals surface area contributed by atoms with Gasteiger partial charge in [-0.25, -0.2) is 0 Å². The molecule has 4 heteroatoms. The van der Waals surface area contributed by atoms with Gasteiger partial charge in [-0.05, 0) is 17.7 Å². The lowest BCUT2D eigenvalue weighted by Crippen LogP contribution is -2.21. The Hall–Kier alpha value is -1.84. The van der Waals surface area contributed by atoms with Crippen molar-refractivity contribution in [3.05, 3.63) is 35.4 Å². The van der Waals surface area contributed by atoms with Crippen molar-refractivity contribution in [2.45, 2.75) is 19.9 Å². The molecule has 0 aliphatic heterocycles. The maximum atomic E-state index is 11.0. The number of benzene rings is 1. The van der Waals surface area contributed by atoms with E-state index in [0.29, 0.717) is 18.5 Å². The van der Waals surface area contributed by atoms with E-state index in [9.17, 15) is 9.59 Å². The molecule has 0 saturated heterocycles. The molecule has 0 unspecified atom stereocenters. The van der Waals surface area contributed by atoms with Gasteiger partial charge in [0.05, 0.1) is 0 Å². The summed E-state index contributed by atoms with van der Waals surface area (Å²) in [6.07, 6.45) is 0.472. The summed E-state index contributed by atoms with van der Waals surface area (Å²) in [5.41, 5.74) is 6.52. The molecule has 4 nitrogen and oxygen atoms in total. The zero-order chi connectivity index (χ0) is 11.3. The van der Waals surface area contributed by atoms with E-state index in [2.05, 4.69) is 5.32 Å². The molecular weight excluding hydrogens is 192 g/mol. The molecule has 0 spiro atoms. The quantitative estimate of drug-likeness (QED) is 0.765. The standard InChI is InChI=1S/C11H14N2O2/c1-2-10(14)13-7-8-3-5-9(6-4-8)11(12)15/h3-6H,2,7H2,1H3,(H2,12,15)(H,13,14). The molecule has 3 N–H and O–H groups in total. The SMILES string of the molecule is CCC(=O)NCc1ccc(C(N)=O)cc1. The van der Waals surface area contributed by atoms with E-state index in [4.69, 9.17) is 5.73 Å². The van der Waals surface area contributed by atoms with E-state index in [1.165, 1.54) is 0 Å². The van der Waals surface area contributed by atoms with Gasteiger partial charge in [0.15, 0.2) is 0 Å². The molecule has 1 aromatic rings. The van der Waals surface area contributed by atoms with E-state index in [1.807, 2.05) is 0 Å². The number of amides is 2. The van der Waals surface area contributed by atoms with Crippen molar-refractivity contribution >= 4 is 11.8 Å². The van der Waals surface area contributed by atoms with Gasteiger partial charge in [0.1, 0.15) is 0 Å². The number of rotatable bonds is 4. The first-order valence-electron chi connectivity index (χ1n) is 4.79. The molecule has 80 valence electrons. The maximum Gasteiger partial charge on any atom is 0.248 e. The largest absolute Gasteiger partial charge is 0.366 e. The average Bonchev–Trinajstić information content (AvgIpc) is 2.26. The van der Waals surface area contributed by atoms with Gasteiger partial charge in [-0.1, -0.05) is 19.1 Å². The van der Waals surface area contributed by atoms with Crippen LogP contribution in [-0.4, -0.2) is 11.8 Å². The van der Waals surface area contributed by atoms with Crippen molar-refractivity contribution < 1.29 is 9.59 Å². The second kappa shape index (κ2) is 5.14. The number of carbonyl (C=O) groups excluding carboxylic acids is 2. The molecule has 1 rings (SSSR count). The number of nitrogens with one attached hydrogen (secondary N) is 1. The van der Waals surface area contributed by atoms with Crippen LogP contribution in [0.25, 0.3) is 0 Å². The van der Waals surface area contributed by atoms with Gasteiger partial charge in [-0.2, -0.15) is 0 Å². The highest BCUT2D eigenvalue weighted by molar-refractivity contribution is 5.92. The zero-order valence-electron chi connectivity index (χ0n) is 8.62. The highest BCUT2D eigenvalue weighted by Crippen LogP contribution is 2.03. The smallest absolute Gasteiger partial charge is 0.248 e. The van der Waals surface area contributed by atoms with E-state index in [1.54, 1.807) is 31.2 Å². The van der Waals surface area contributed by atoms with Crippen molar-refractivity contribution in [2.24, 2.45) is 5.73 Å². The summed E-state index contributed by atoms with van der Waals surface area (Å²) >= 11 is 0. The third kappa shape index (κ3) is 3.42. The molecule has 0 radical (unpaired) electrons. The van der Waals surface area contributed by atoms with Crippen LogP contribution in [0.4, 0.5) is 0 Å². The van der Waals surface area contributed by atoms with Crippen LogP contribution in [0.3, 0.4) is 0 Å².